The molecule has 1 aromatic rings. The maximum Gasteiger partial charge on any atom is 0.230 e. The van der Waals surface area contributed by atoms with Gasteiger partial charge < -0.3 is 10.1 Å². The molecular weight excluding hydrogens is 293 g/mol. The molecule has 0 spiro atoms. The highest BCUT2D eigenvalue weighted by Gasteiger charge is 2.42. The third kappa shape index (κ3) is 4.77. The molecule has 1 saturated carbocycles. The van der Waals surface area contributed by atoms with Gasteiger partial charge in [-0.1, -0.05) is 38.8 Å². The second-order valence-electron chi connectivity index (χ2n) is 6.87. The van der Waals surface area contributed by atoms with E-state index < -0.39 is 5.41 Å². The molecular formula is C19H28FNO2. The molecule has 3 nitrogen and oxygen atoms in total. The number of ether oxygens (including phenoxy) is 1. The van der Waals surface area contributed by atoms with Gasteiger partial charge in [-0.2, -0.15) is 0 Å². The lowest BCUT2D eigenvalue weighted by atomic mass is 9.78. The van der Waals surface area contributed by atoms with E-state index in [2.05, 4.69) is 19.2 Å². The van der Waals surface area contributed by atoms with Gasteiger partial charge in [0.15, 0.2) is 0 Å². The van der Waals surface area contributed by atoms with E-state index in [4.69, 9.17) is 4.74 Å². The van der Waals surface area contributed by atoms with E-state index in [-0.39, 0.29) is 11.7 Å². The second kappa shape index (κ2) is 8.44. The van der Waals surface area contributed by atoms with Crippen LogP contribution in [0.4, 0.5) is 4.39 Å². The zero-order chi connectivity index (χ0) is 16.7. The Kier molecular flexibility index (Phi) is 6.58. The van der Waals surface area contributed by atoms with Crippen LogP contribution in [0, 0.1) is 11.7 Å². The largest absolute Gasteiger partial charge is 0.381 e. The summed E-state index contributed by atoms with van der Waals surface area (Å²) < 4.78 is 18.7. The normalized spacial score (nSPS) is 16.7. The number of rotatable bonds is 8. The molecule has 1 amide bonds. The van der Waals surface area contributed by atoms with Gasteiger partial charge in [-0.15, -0.1) is 0 Å². The molecule has 0 aromatic heterocycles. The van der Waals surface area contributed by atoms with Crippen LogP contribution in [0.5, 0.6) is 0 Å². The Labute approximate surface area is 138 Å². The van der Waals surface area contributed by atoms with E-state index >= 15 is 0 Å². The fourth-order valence-electron chi connectivity index (χ4n) is 3.26. The summed E-state index contributed by atoms with van der Waals surface area (Å²) in [6, 6.07) is 6.41. The van der Waals surface area contributed by atoms with Gasteiger partial charge >= 0.3 is 0 Å². The Morgan fingerprint density at radius 1 is 1.26 bits per heavy atom. The first-order valence-corrected chi connectivity index (χ1v) is 8.67. The Bertz CT molecular complexity index is 493. The first kappa shape index (κ1) is 17.9. The lowest BCUT2D eigenvalue weighted by molar-refractivity contribution is -0.126. The maximum atomic E-state index is 13.2. The van der Waals surface area contributed by atoms with Crippen molar-refractivity contribution in [2.75, 3.05) is 19.8 Å². The highest BCUT2D eigenvalue weighted by atomic mass is 19.1. The number of halogens is 1. The molecule has 2 rings (SSSR count). The van der Waals surface area contributed by atoms with Crippen molar-refractivity contribution in [1.29, 1.82) is 0 Å². The third-order valence-electron chi connectivity index (χ3n) is 4.49. The summed E-state index contributed by atoms with van der Waals surface area (Å²) in [5, 5.41) is 3.05. The molecule has 0 saturated heterocycles. The molecule has 1 aliphatic rings. The number of amides is 1. The molecule has 1 N–H and O–H groups in total. The molecule has 1 fully saturated rings. The van der Waals surface area contributed by atoms with Crippen LogP contribution in [-0.2, 0) is 14.9 Å². The monoisotopic (exact) mass is 321 g/mol. The summed E-state index contributed by atoms with van der Waals surface area (Å²) in [6.07, 6.45) is 4.59. The number of carbonyl (C=O) groups is 1. The summed E-state index contributed by atoms with van der Waals surface area (Å²) >= 11 is 0. The highest BCUT2D eigenvalue weighted by Crippen LogP contribution is 2.41. The highest BCUT2D eigenvalue weighted by molar-refractivity contribution is 5.88. The molecule has 128 valence electrons. The zero-order valence-electron chi connectivity index (χ0n) is 14.2. The maximum absolute atomic E-state index is 13.2. The van der Waals surface area contributed by atoms with Crippen molar-refractivity contribution in [2.24, 2.45) is 5.92 Å². The predicted octanol–water partition coefficient (Wildman–Crippen LogP) is 3.82. The average molecular weight is 321 g/mol. The Balaban J connectivity index is 1.88. The van der Waals surface area contributed by atoms with Crippen molar-refractivity contribution in [3.05, 3.63) is 35.6 Å². The van der Waals surface area contributed by atoms with Gasteiger partial charge in [0, 0.05) is 19.8 Å². The minimum absolute atomic E-state index is 0.0745. The Morgan fingerprint density at radius 2 is 1.91 bits per heavy atom. The van der Waals surface area contributed by atoms with Crippen molar-refractivity contribution in [2.45, 2.75) is 51.4 Å². The number of carbonyl (C=O) groups excluding carboxylic acids is 1. The van der Waals surface area contributed by atoms with Crippen LogP contribution in [0.3, 0.4) is 0 Å². The number of hydrogen-bond donors (Lipinski definition) is 1. The quantitative estimate of drug-likeness (QED) is 0.739. The predicted molar refractivity (Wildman–Crippen MR) is 89.8 cm³/mol. The minimum Gasteiger partial charge on any atom is -0.381 e. The summed E-state index contributed by atoms with van der Waals surface area (Å²) in [5.41, 5.74) is 0.455. The molecule has 0 aliphatic heterocycles. The van der Waals surface area contributed by atoms with Gasteiger partial charge in [-0.3, -0.25) is 4.79 Å². The fourth-order valence-corrected chi connectivity index (χ4v) is 3.26. The first-order valence-electron chi connectivity index (χ1n) is 8.67. The van der Waals surface area contributed by atoms with Crippen molar-refractivity contribution < 1.29 is 13.9 Å². The van der Waals surface area contributed by atoms with E-state index in [1.54, 1.807) is 12.1 Å². The van der Waals surface area contributed by atoms with E-state index in [1.807, 2.05) is 0 Å². The van der Waals surface area contributed by atoms with Gasteiger partial charge in [0.2, 0.25) is 5.91 Å². The standard InChI is InChI=1S/C19H28FNO2/c1-15(2)14-23-13-5-12-21-18(22)19(10-3-4-11-19)16-6-8-17(20)9-7-16/h6-9,15H,3-5,10-14H2,1-2H3,(H,21,22). The molecule has 0 radical (unpaired) electrons. The van der Waals surface area contributed by atoms with Gasteiger partial charge in [0.05, 0.1) is 5.41 Å². The Hall–Kier alpha value is -1.42. The smallest absolute Gasteiger partial charge is 0.230 e. The third-order valence-corrected chi connectivity index (χ3v) is 4.49. The second-order valence-corrected chi connectivity index (χ2v) is 6.87. The zero-order valence-corrected chi connectivity index (χ0v) is 14.2. The van der Waals surface area contributed by atoms with E-state index in [1.165, 1.54) is 12.1 Å². The molecule has 0 unspecified atom stereocenters. The van der Waals surface area contributed by atoms with Crippen LogP contribution in [0.1, 0.15) is 51.5 Å². The molecule has 1 aromatic carbocycles. The number of benzene rings is 1. The van der Waals surface area contributed by atoms with Gasteiger partial charge in [-0.05, 0) is 42.9 Å². The van der Waals surface area contributed by atoms with E-state index in [9.17, 15) is 9.18 Å². The molecule has 0 atom stereocenters. The topological polar surface area (TPSA) is 38.3 Å². The number of nitrogens with one attached hydrogen (secondary N) is 1. The number of hydrogen-bond acceptors (Lipinski definition) is 2. The minimum atomic E-state index is -0.480. The first-order chi connectivity index (χ1) is 11.0. The average Bonchev–Trinajstić information content (AvgIpc) is 3.02. The van der Waals surface area contributed by atoms with Gasteiger partial charge in [0.25, 0.3) is 0 Å². The van der Waals surface area contributed by atoms with Gasteiger partial charge in [0.1, 0.15) is 5.82 Å². The molecule has 4 heteroatoms. The SMILES string of the molecule is CC(C)COCCCNC(=O)C1(c2ccc(F)cc2)CCCC1. The van der Waals surface area contributed by atoms with Gasteiger partial charge in [-0.25, -0.2) is 4.39 Å². The summed E-state index contributed by atoms with van der Waals surface area (Å²) in [7, 11) is 0. The van der Waals surface area contributed by atoms with Crippen LogP contribution in [0.2, 0.25) is 0 Å². The molecule has 0 bridgehead atoms. The van der Waals surface area contributed by atoms with Crippen LogP contribution in [0.25, 0.3) is 0 Å². The van der Waals surface area contributed by atoms with E-state index in [0.29, 0.717) is 19.1 Å². The van der Waals surface area contributed by atoms with Crippen molar-refractivity contribution in [1.82, 2.24) is 5.32 Å². The lowest BCUT2D eigenvalue weighted by Gasteiger charge is -2.28. The van der Waals surface area contributed by atoms with Crippen LogP contribution in [-0.4, -0.2) is 25.7 Å². The van der Waals surface area contributed by atoms with Crippen LogP contribution in [0.15, 0.2) is 24.3 Å². The van der Waals surface area contributed by atoms with Crippen molar-refractivity contribution in [3.63, 3.8) is 0 Å². The van der Waals surface area contributed by atoms with Crippen molar-refractivity contribution in [3.8, 4) is 0 Å². The summed E-state index contributed by atoms with van der Waals surface area (Å²) in [6.45, 7) is 6.29. The van der Waals surface area contributed by atoms with E-state index in [0.717, 1.165) is 44.3 Å². The molecule has 23 heavy (non-hydrogen) atoms. The van der Waals surface area contributed by atoms with Crippen LogP contribution >= 0.6 is 0 Å². The molecule has 0 heterocycles. The van der Waals surface area contributed by atoms with Crippen molar-refractivity contribution >= 4 is 5.91 Å². The molecule has 1 aliphatic carbocycles. The fraction of sp³-hybridized carbons (Fsp3) is 0.632. The van der Waals surface area contributed by atoms with Crippen LogP contribution < -0.4 is 5.32 Å². The summed E-state index contributed by atoms with van der Waals surface area (Å²) in [4.78, 5) is 12.7. The Morgan fingerprint density at radius 3 is 2.52 bits per heavy atom. The summed E-state index contributed by atoms with van der Waals surface area (Å²) in [5.74, 6) is 0.347. The lowest BCUT2D eigenvalue weighted by Crippen LogP contribution is -2.43.